The minimum Gasteiger partial charge on any atom is -0.387 e. The first-order valence-corrected chi connectivity index (χ1v) is 9.14. The van der Waals surface area contributed by atoms with Gasteiger partial charge in [-0.1, -0.05) is 38.1 Å². The topological polar surface area (TPSA) is 43.8 Å². The first-order valence-electron chi connectivity index (χ1n) is 9.14. The number of halogens is 1. The Morgan fingerprint density at radius 3 is 2.65 bits per heavy atom. The maximum absolute atomic E-state index is 13.9. The van der Waals surface area contributed by atoms with Crippen LogP contribution in [0, 0.1) is 5.82 Å². The molecule has 1 aliphatic rings. The number of carbonyl (C=O) groups is 1. The van der Waals surface area contributed by atoms with Gasteiger partial charge in [0.1, 0.15) is 5.82 Å². The summed E-state index contributed by atoms with van der Waals surface area (Å²) in [6, 6.07) is 11.8. The molecule has 1 aliphatic heterocycles. The van der Waals surface area contributed by atoms with Crippen LogP contribution in [0.3, 0.4) is 0 Å². The number of aliphatic hydroxyl groups is 1. The second-order valence-electron chi connectivity index (χ2n) is 6.58. The van der Waals surface area contributed by atoms with E-state index in [4.69, 9.17) is 0 Å². The Hall–Kier alpha value is -2.24. The highest BCUT2D eigenvalue weighted by atomic mass is 19.1. The predicted molar refractivity (Wildman–Crippen MR) is 101 cm³/mol. The van der Waals surface area contributed by atoms with Crippen LogP contribution < -0.4 is 4.90 Å². The van der Waals surface area contributed by atoms with Gasteiger partial charge in [-0.05, 0) is 48.8 Å². The molecule has 1 amide bonds. The molecule has 0 fully saturated rings. The standard InChI is InChI=1S/C21H25FN2O2/c1-3-23(4-2)14-20(25)16-9-10-19-15(13-16)11-12-24(19)21(26)17-7-5-6-8-18(17)22/h5-10,13,20,25H,3-4,11-12,14H2,1-2H3. The quantitative estimate of drug-likeness (QED) is 0.863. The fourth-order valence-electron chi connectivity index (χ4n) is 3.45. The van der Waals surface area contributed by atoms with Crippen molar-refractivity contribution >= 4 is 11.6 Å². The van der Waals surface area contributed by atoms with Gasteiger partial charge in [0.2, 0.25) is 0 Å². The molecule has 0 saturated heterocycles. The molecule has 0 radical (unpaired) electrons. The summed E-state index contributed by atoms with van der Waals surface area (Å²) in [6.45, 7) is 7.05. The van der Waals surface area contributed by atoms with Crippen molar-refractivity contribution in [1.82, 2.24) is 4.90 Å². The highest BCUT2D eigenvalue weighted by Gasteiger charge is 2.27. The fourth-order valence-corrected chi connectivity index (χ4v) is 3.45. The molecule has 0 saturated carbocycles. The Balaban J connectivity index is 1.80. The molecule has 4 nitrogen and oxygen atoms in total. The van der Waals surface area contributed by atoms with Crippen molar-refractivity contribution in [2.75, 3.05) is 31.1 Å². The molecule has 2 aromatic carbocycles. The van der Waals surface area contributed by atoms with E-state index in [2.05, 4.69) is 18.7 Å². The van der Waals surface area contributed by atoms with E-state index in [1.54, 1.807) is 17.0 Å². The monoisotopic (exact) mass is 356 g/mol. The lowest BCUT2D eigenvalue weighted by Gasteiger charge is -2.23. The van der Waals surface area contributed by atoms with Crippen LogP contribution in [0.2, 0.25) is 0 Å². The Bertz CT molecular complexity index is 789. The predicted octanol–water partition coefficient (Wildman–Crippen LogP) is 3.40. The van der Waals surface area contributed by atoms with Gasteiger partial charge in [-0.15, -0.1) is 0 Å². The molecule has 3 rings (SSSR count). The lowest BCUT2D eigenvalue weighted by molar-refractivity contribution is 0.0985. The zero-order valence-corrected chi connectivity index (χ0v) is 15.3. The van der Waals surface area contributed by atoms with Gasteiger partial charge in [0.25, 0.3) is 5.91 Å². The molecule has 0 spiro atoms. The molecule has 0 aliphatic carbocycles. The minimum absolute atomic E-state index is 0.0889. The largest absolute Gasteiger partial charge is 0.387 e. The van der Waals surface area contributed by atoms with E-state index >= 15 is 0 Å². The summed E-state index contributed by atoms with van der Waals surface area (Å²) < 4.78 is 13.9. The van der Waals surface area contributed by atoms with E-state index < -0.39 is 11.9 Å². The smallest absolute Gasteiger partial charge is 0.261 e. The highest BCUT2D eigenvalue weighted by Crippen LogP contribution is 2.32. The maximum Gasteiger partial charge on any atom is 0.261 e. The van der Waals surface area contributed by atoms with E-state index in [1.165, 1.54) is 12.1 Å². The number of nitrogens with zero attached hydrogens (tertiary/aromatic N) is 2. The second-order valence-corrected chi connectivity index (χ2v) is 6.58. The molecule has 1 N–H and O–H groups in total. The van der Waals surface area contributed by atoms with Crippen molar-refractivity contribution < 1.29 is 14.3 Å². The molecule has 1 unspecified atom stereocenters. The van der Waals surface area contributed by atoms with Crippen molar-refractivity contribution in [2.24, 2.45) is 0 Å². The van der Waals surface area contributed by atoms with Crippen LogP contribution in [0.4, 0.5) is 10.1 Å². The Kier molecular flexibility index (Phi) is 5.69. The number of benzene rings is 2. The van der Waals surface area contributed by atoms with E-state index in [9.17, 15) is 14.3 Å². The summed E-state index contributed by atoms with van der Waals surface area (Å²) in [7, 11) is 0. The number of hydrogen-bond acceptors (Lipinski definition) is 3. The molecular weight excluding hydrogens is 331 g/mol. The van der Waals surface area contributed by atoms with E-state index in [0.717, 1.165) is 29.9 Å². The number of hydrogen-bond donors (Lipinski definition) is 1. The summed E-state index contributed by atoms with van der Waals surface area (Å²) in [6.07, 6.45) is 0.151. The van der Waals surface area contributed by atoms with Crippen molar-refractivity contribution in [3.8, 4) is 0 Å². The third kappa shape index (κ3) is 3.64. The lowest BCUT2D eigenvalue weighted by atomic mass is 10.0. The summed E-state index contributed by atoms with van der Waals surface area (Å²) in [4.78, 5) is 16.5. The minimum atomic E-state index is -0.559. The Morgan fingerprint density at radius 2 is 1.96 bits per heavy atom. The summed E-state index contributed by atoms with van der Waals surface area (Å²) >= 11 is 0. The normalized spacial score (nSPS) is 14.6. The zero-order valence-electron chi connectivity index (χ0n) is 15.3. The van der Waals surface area contributed by atoms with Crippen molar-refractivity contribution in [3.05, 3.63) is 65.0 Å². The van der Waals surface area contributed by atoms with Crippen LogP contribution in [0.15, 0.2) is 42.5 Å². The number of fused-ring (bicyclic) bond motifs is 1. The van der Waals surface area contributed by atoms with Gasteiger partial charge < -0.3 is 14.9 Å². The first-order chi connectivity index (χ1) is 12.5. The van der Waals surface area contributed by atoms with Crippen LogP contribution >= 0.6 is 0 Å². The molecule has 26 heavy (non-hydrogen) atoms. The molecule has 1 heterocycles. The molecular formula is C21H25FN2O2. The van der Waals surface area contributed by atoms with Gasteiger partial charge in [0, 0.05) is 18.8 Å². The molecule has 2 aromatic rings. The van der Waals surface area contributed by atoms with Crippen LogP contribution in [-0.4, -0.2) is 42.1 Å². The first kappa shape index (κ1) is 18.5. The van der Waals surface area contributed by atoms with Gasteiger partial charge in [0.05, 0.1) is 11.7 Å². The average molecular weight is 356 g/mol. The number of amides is 1. The van der Waals surface area contributed by atoms with Gasteiger partial charge in [-0.25, -0.2) is 4.39 Å². The van der Waals surface area contributed by atoms with Gasteiger partial charge in [0.15, 0.2) is 0 Å². The fraction of sp³-hybridized carbons (Fsp3) is 0.381. The average Bonchev–Trinajstić information content (AvgIpc) is 3.09. The third-order valence-corrected chi connectivity index (χ3v) is 5.06. The maximum atomic E-state index is 13.9. The van der Waals surface area contributed by atoms with Crippen LogP contribution in [0.25, 0.3) is 0 Å². The van der Waals surface area contributed by atoms with Crippen LogP contribution in [-0.2, 0) is 6.42 Å². The van der Waals surface area contributed by atoms with Crippen molar-refractivity contribution in [3.63, 3.8) is 0 Å². The van der Waals surface area contributed by atoms with E-state index in [0.29, 0.717) is 19.5 Å². The summed E-state index contributed by atoms with van der Waals surface area (Å²) in [5.41, 5.74) is 2.77. The molecule has 5 heteroatoms. The molecule has 0 aromatic heterocycles. The third-order valence-electron chi connectivity index (χ3n) is 5.06. The lowest BCUT2D eigenvalue weighted by Crippen LogP contribution is -2.29. The Labute approximate surface area is 153 Å². The number of aliphatic hydroxyl groups excluding tert-OH is 1. The van der Waals surface area contributed by atoms with Gasteiger partial charge >= 0.3 is 0 Å². The van der Waals surface area contributed by atoms with Crippen LogP contribution in [0.5, 0.6) is 0 Å². The summed E-state index contributed by atoms with van der Waals surface area (Å²) in [5.74, 6) is -0.824. The van der Waals surface area contributed by atoms with Gasteiger partial charge in [-0.3, -0.25) is 4.79 Å². The zero-order chi connectivity index (χ0) is 18.7. The van der Waals surface area contributed by atoms with E-state index in [1.807, 2.05) is 18.2 Å². The van der Waals surface area contributed by atoms with Crippen molar-refractivity contribution in [1.29, 1.82) is 0 Å². The van der Waals surface area contributed by atoms with Crippen LogP contribution in [0.1, 0.15) is 41.4 Å². The van der Waals surface area contributed by atoms with E-state index in [-0.39, 0.29) is 11.5 Å². The Morgan fingerprint density at radius 1 is 1.23 bits per heavy atom. The molecule has 138 valence electrons. The number of likely N-dealkylation sites (N-methyl/N-ethyl adjacent to an activating group) is 1. The molecule has 1 atom stereocenters. The number of anilines is 1. The van der Waals surface area contributed by atoms with Gasteiger partial charge in [-0.2, -0.15) is 0 Å². The molecule has 0 bridgehead atoms. The van der Waals surface area contributed by atoms with Crippen molar-refractivity contribution in [2.45, 2.75) is 26.4 Å². The summed E-state index contributed by atoms with van der Waals surface area (Å²) in [5, 5.41) is 10.5. The SMILES string of the molecule is CCN(CC)CC(O)c1ccc2c(c1)CCN2C(=O)c1ccccc1F. The number of carbonyl (C=O) groups excluding carboxylic acids is 1. The number of rotatable bonds is 6. The highest BCUT2D eigenvalue weighted by molar-refractivity contribution is 6.07. The second kappa shape index (κ2) is 7.98.